The summed E-state index contributed by atoms with van der Waals surface area (Å²) in [5.41, 5.74) is 3.16. The number of halogens is 1. The van der Waals surface area contributed by atoms with Crippen molar-refractivity contribution >= 4 is 39.8 Å². The van der Waals surface area contributed by atoms with Gasteiger partial charge in [-0.2, -0.15) is 0 Å². The van der Waals surface area contributed by atoms with Gasteiger partial charge in [-0.15, -0.1) is 0 Å². The SMILES string of the molecule is C=CC(=O)Nc1cccc(-c2c(F)ccc3cnc(Nc4ccc(N5CCN(CC(C)(C)O)CC5)cc4)nc23)c1. The van der Waals surface area contributed by atoms with Crippen LogP contribution in [0.1, 0.15) is 13.8 Å². The molecule has 1 amide bonds. The zero-order valence-electron chi connectivity index (χ0n) is 22.7. The Morgan fingerprint density at radius 3 is 2.52 bits per heavy atom. The van der Waals surface area contributed by atoms with Crippen molar-refractivity contribution in [2.75, 3.05) is 48.3 Å². The largest absolute Gasteiger partial charge is 0.389 e. The van der Waals surface area contributed by atoms with Crippen LogP contribution in [0.2, 0.25) is 0 Å². The van der Waals surface area contributed by atoms with Crippen LogP contribution in [-0.2, 0) is 4.79 Å². The minimum Gasteiger partial charge on any atom is -0.389 e. The van der Waals surface area contributed by atoms with Gasteiger partial charge in [0.25, 0.3) is 0 Å². The Morgan fingerprint density at radius 2 is 1.82 bits per heavy atom. The molecule has 1 aromatic heterocycles. The zero-order chi connectivity index (χ0) is 28.3. The smallest absolute Gasteiger partial charge is 0.247 e. The van der Waals surface area contributed by atoms with Gasteiger partial charge in [0.05, 0.1) is 11.1 Å². The molecule has 206 valence electrons. The molecule has 0 bridgehead atoms. The minimum atomic E-state index is -0.694. The molecule has 0 spiro atoms. The highest BCUT2D eigenvalue weighted by atomic mass is 19.1. The number of amides is 1. The lowest BCUT2D eigenvalue weighted by Crippen LogP contribution is -2.50. The summed E-state index contributed by atoms with van der Waals surface area (Å²) in [7, 11) is 0. The van der Waals surface area contributed by atoms with Gasteiger partial charge in [0, 0.05) is 66.9 Å². The van der Waals surface area contributed by atoms with E-state index in [1.54, 1.807) is 36.5 Å². The highest BCUT2D eigenvalue weighted by Gasteiger charge is 2.23. The van der Waals surface area contributed by atoms with Crippen LogP contribution in [0, 0.1) is 5.82 Å². The lowest BCUT2D eigenvalue weighted by Gasteiger charge is -2.38. The summed E-state index contributed by atoms with van der Waals surface area (Å²) in [5, 5.41) is 16.7. The Kier molecular flexibility index (Phi) is 7.77. The molecule has 1 fully saturated rings. The van der Waals surface area contributed by atoms with E-state index in [0.29, 0.717) is 40.2 Å². The van der Waals surface area contributed by atoms with Crippen molar-refractivity contribution in [3.63, 3.8) is 0 Å². The summed E-state index contributed by atoms with van der Waals surface area (Å²) < 4.78 is 15.1. The van der Waals surface area contributed by atoms with Gasteiger partial charge in [0.2, 0.25) is 11.9 Å². The number of nitrogens with one attached hydrogen (secondary N) is 2. The monoisotopic (exact) mass is 540 g/mol. The van der Waals surface area contributed by atoms with Crippen LogP contribution in [0.4, 0.5) is 27.4 Å². The third-order valence-electron chi connectivity index (χ3n) is 6.78. The molecule has 9 heteroatoms. The number of nitrogens with zero attached hydrogens (tertiary/aromatic N) is 4. The maximum atomic E-state index is 15.1. The normalized spacial score (nSPS) is 14.2. The number of hydrogen-bond donors (Lipinski definition) is 3. The second-order valence-corrected chi connectivity index (χ2v) is 10.6. The Balaban J connectivity index is 1.34. The topological polar surface area (TPSA) is 93.6 Å². The molecule has 3 N–H and O–H groups in total. The van der Waals surface area contributed by atoms with Crippen LogP contribution in [0.5, 0.6) is 0 Å². The van der Waals surface area contributed by atoms with Crippen molar-refractivity contribution in [2.45, 2.75) is 19.4 Å². The van der Waals surface area contributed by atoms with E-state index in [4.69, 9.17) is 0 Å². The summed E-state index contributed by atoms with van der Waals surface area (Å²) >= 11 is 0. The molecule has 0 saturated carbocycles. The maximum absolute atomic E-state index is 15.1. The summed E-state index contributed by atoms with van der Waals surface area (Å²) in [4.78, 5) is 25.5. The molecular weight excluding hydrogens is 507 g/mol. The molecular formula is C31H33FN6O2. The van der Waals surface area contributed by atoms with Gasteiger partial charge < -0.3 is 20.6 Å². The first kappa shape index (κ1) is 27.2. The highest BCUT2D eigenvalue weighted by molar-refractivity contribution is 6.00. The van der Waals surface area contributed by atoms with Gasteiger partial charge in [0.15, 0.2) is 0 Å². The summed E-state index contributed by atoms with van der Waals surface area (Å²) in [5.74, 6) is -0.414. The fourth-order valence-electron chi connectivity index (χ4n) is 4.95. The van der Waals surface area contributed by atoms with Crippen molar-refractivity contribution in [3.05, 3.63) is 85.3 Å². The number of benzene rings is 3. The number of aliphatic hydroxyl groups is 1. The van der Waals surface area contributed by atoms with Gasteiger partial charge in [-0.05, 0) is 74.0 Å². The Morgan fingerprint density at radius 1 is 1.07 bits per heavy atom. The van der Waals surface area contributed by atoms with Gasteiger partial charge >= 0.3 is 0 Å². The number of carbonyl (C=O) groups is 1. The maximum Gasteiger partial charge on any atom is 0.247 e. The fourth-order valence-corrected chi connectivity index (χ4v) is 4.95. The number of carbonyl (C=O) groups excluding carboxylic acids is 1. The molecule has 3 aromatic carbocycles. The molecule has 5 rings (SSSR count). The fraction of sp³-hybridized carbons (Fsp3) is 0.258. The van der Waals surface area contributed by atoms with Crippen LogP contribution >= 0.6 is 0 Å². The number of rotatable bonds is 8. The molecule has 40 heavy (non-hydrogen) atoms. The number of aromatic nitrogens is 2. The van der Waals surface area contributed by atoms with Crippen LogP contribution in [0.25, 0.3) is 22.0 Å². The third-order valence-corrected chi connectivity index (χ3v) is 6.78. The van der Waals surface area contributed by atoms with E-state index in [1.165, 1.54) is 12.1 Å². The van der Waals surface area contributed by atoms with Crippen LogP contribution < -0.4 is 15.5 Å². The van der Waals surface area contributed by atoms with Gasteiger partial charge in [0.1, 0.15) is 5.82 Å². The van der Waals surface area contributed by atoms with E-state index in [1.807, 2.05) is 26.0 Å². The van der Waals surface area contributed by atoms with Crippen LogP contribution in [-0.4, -0.2) is 64.2 Å². The first-order valence-electron chi connectivity index (χ1n) is 13.2. The molecule has 0 unspecified atom stereocenters. The predicted octanol–water partition coefficient (Wildman–Crippen LogP) is 5.20. The first-order chi connectivity index (χ1) is 19.2. The van der Waals surface area contributed by atoms with E-state index in [0.717, 1.165) is 37.6 Å². The third kappa shape index (κ3) is 6.44. The predicted molar refractivity (Wildman–Crippen MR) is 158 cm³/mol. The molecule has 1 aliphatic heterocycles. The number of β-amino-alcohol motifs (C(OH)–C–C–N with tert-alkyl or cyclic N) is 1. The molecule has 1 aliphatic rings. The first-order valence-corrected chi connectivity index (χ1v) is 13.2. The number of piperazine rings is 1. The van der Waals surface area contributed by atoms with Gasteiger partial charge in [-0.25, -0.2) is 14.4 Å². The average Bonchev–Trinajstić information content (AvgIpc) is 2.93. The zero-order valence-corrected chi connectivity index (χ0v) is 22.7. The second-order valence-electron chi connectivity index (χ2n) is 10.6. The summed E-state index contributed by atoms with van der Waals surface area (Å²) in [6, 6.07) is 18.1. The van der Waals surface area contributed by atoms with Crippen molar-refractivity contribution in [2.24, 2.45) is 0 Å². The van der Waals surface area contributed by atoms with E-state index in [-0.39, 0.29) is 5.91 Å². The average molecular weight is 541 g/mol. The van der Waals surface area contributed by atoms with Crippen molar-refractivity contribution < 1.29 is 14.3 Å². The number of fused-ring (bicyclic) bond motifs is 1. The molecule has 0 radical (unpaired) electrons. The van der Waals surface area contributed by atoms with Crippen LogP contribution in [0.3, 0.4) is 0 Å². The van der Waals surface area contributed by atoms with Crippen molar-refractivity contribution in [1.82, 2.24) is 14.9 Å². The lowest BCUT2D eigenvalue weighted by atomic mass is 10.0. The van der Waals surface area contributed by atoms with Crippen molar-refractivity contribution in [3.8, 4) is 11.1 Å². The molecule has 2 heterocycles. The molecule has 1 saturated heterocycles. The second kappa shape index (κ2) is 11.4. The Labute approximate surface area is 233 Å². The van der Waals surface area contributed by atoms with E-state index in [2.05, 4.69) is 49.1 Å². The summed E-state index contributed by atoms with van der Waals surface area (Å²) in [6.45, 7) is 11.4. The number of hydrogen-bond acceptors (Lipinski definition) is 7. The number of anilines is 4. The van der Waals surface area contributed by atoms with Gasteiger partial charge in [-0.3, -0.25) is 9.69 Å². The van der Waals surface area contributed by atoms with E-state index in [9.17, 15) is 9.90 Å². The summed E-state index contributed by atoms with van der Waals surface area (Å²) in [6.07, 6.45) is 2.85. The standard InChI is InChI=1S/C31H33FN6O2/c1-4-27(39)34-24-7-5-6-21(18-24)28-26(32)13-8-22-19-33-30(36-29(22)28)35-23-9-11-25(12-10-23)38-16-14-37(15-17-38)20-31(2,3)40/h4-13,18-19,40H,1,14-17,20H2,2-3H3,(H,34,39)(H,33,35,36). The minimum absolute atomic E-state index is 0.330. The van der Waals surface area contributed by atoms with Crippen molar-refractivity contribution in [1.29, 1.82) is 0 Å². The quantitative estimate of drug-likeness (QED) is 0.265. The highest BCUT2D eigenvalue weighted by Crippen LogP contribution is 2.32. The van der Waals surface area contributed by atoms with E-state index >= 15 is 4.39 Å². The van der Waals surface area contributed by atoms with Crippen LogP contribution in [0.15, 0.2) is 79.5 Å². The van der Waals surface area contributed by atoms with E-state index < -0.39 is 11.4 Å². The Hall–Kier alpha value is -4.34. The lowest BCUT2D eigenvalue weighted by molar-refractivity contribution is -0.111. The molecule has 0 aliphatic carbocycles. The molecule has 4 aromatic rings. The Bertz CT molecular complexity index is 1530. The molecule has 0 atom stereocenters. The van der Waals surface area contributed by atoms with Gasteiger partial charge in [-0.1, -0.05) is 18.7 Å². The molecule has 8 nitrogen and oxygen atoms in total.